The fourth-order valence-electron chi connectivity index (χ4n) is 1.07. The zero-order valence-electron chi connectivity index (χ0n) is 8.77. The Morgan fingerprint density at radius 3 is 2.07 bits per heavy atom. The van der Waals surface area contributed by atoms with Crippen molar-refractivity contribution in [2.75, 3.05) is 0 Å². The largest absolute Gasteiger partial charge is 0.573 e. The summed E-state index contributed by atoms with van der Waals surface area (Å²) in [7, 11) is 0. The van der Waals surface area contributed by atoms with Gasteiger partial charge in [-0.1, -0.05) is 26.8 Å². The van der Waals surface area contributed by atoms with Crippen molar-refractivity contribution < 1.29 is 17.9 Å². The first kappa shape index (κ1) is 11.9. The second-order valence-corrected chi connectivity index (χ2v) is 4.24. The van der Waals surface area contributed by atoms with E-state index in [0.717, 1.165) is 5.56 Å². The Kier molecular flexibility index (Phi) is 2.98. The average molecular weight is 217 g/mol. The van der Waals surface area contributed by atoms with Gasteiger partial charge in [0.05, 0.1) is 0 Å². The quantitative estimate of drug-likeness (QED) is 0.697. The Morgan fingerprint density at radius 2 is 1.73 bits per heavy atom. The normalized spacial score (nSPS) is 12.7. The summed E-state index contributed by atoms with van der Waals surface area (Å²) >= 11 is 0. The highest BCUT2D eigenvalue weighted by Gasteiger charge is 2.31. The van der Waals surface area contributed by atoms with E-state index in [2.05, 4.69) is 10.8 Å². The zero-order chi connectivity index (χ0) is 11.7. The summed E-state index contributed by atoms with van der Waals surface area (Å²) in [5.41, 5.74) is 0.810. The van der Waals surface area contributed by atoms with Crippen LogP contribution in [0.3, 0.4) is 0 Å². The maximum atomic E-state index is 11.8. The van der Waals surface area contributed by atoms with Crippen molar-refractivity contribution in [1.82, 2.24) is 0 Å². The Balaban J connectivity index is 2.82. The van der Waals surface area contributed by atoms with Crippen LogP contribution in [0, 0.1) is 6.07 Å². The Morgan fingerprint density at radius 1 is 1.13 bits per heavy atom. The molecule has 0 spiro atoms. The van der Waals surface area contributed by atoms with Crippen molar-refractivity contribution in [3.05, 3.63) is 29.8 Å². The van der Waals surface area contributed by atoms with Crippen LogP contribution in [-0.2, 0) is 5.41 Å². The van der Waals surface area contributed by atoms with Crippen LogP contribution in [0.4, 0.5) is 13.2 Å². The van der Waals surface area contributed by atoms with Crippen LogP contribution >= 0.6 is 0 Å². The van der Waals surface area contributed by atoms with E-state index in [1.165, 1.54) is 12.1 Å². The molecule has 0 unspecified atom stereocenters. The van der Waals surface area contributed by atoms with E-state index < -0.39 is 6.36 Å². The molecule has 4 heteroatoms. The van der Waals surface area contributed by atoms with Gasteiger partial charge in [0.25, 0.3) is 0 Å². The van der Waals surface area contributed by atoms with Crippen LogP contribution in [-0.4, -0.2) is 6.36 Å². The molecule has 0 atom stereocenters. The summed E-state index contributed by atoms with van der Waals surface area (Å²) in [4.78, 5) is 0. The van der Waals surface area contributed by atoms with Gasteiger partial charge in [0.1, 0.15) is 5.75 Å². The topological polar surface area (TPSA) is 9.23 Å². The van der Waals surface area contributed by atoms with Crippen molar-refractivity contribution in [1.29, 1.82) is 0 Å². The monoisotopic (exact) mass is 217 g/mol. The van der Waals surface area contributed by atoms with Crippen molar-refractivity contribution in [2.45, 2.75) is 32.5 Å². The van der Waals surface area contributed by atoms with Crippen molar-refractivity contribution in [2.24, 2.45) is 0 Å². The number of ether oxygens (including phenoxy) is 1. The minimum atomic E-state index is -4.65. The number of alkyl halides is 3. The van der Waals surface area contributed by atoms with Gasteiger partial charge in [-0.2, -0.15) is 0 Å². The fraction of sp³-hybridized carbons (Fsp3) is 0.455. The standard InChI is InChI=1S/C11H12F3O/c1-10(2,3)8-4-6-9(7-5-8)15-11(12,13)14/h4-6H,1-3H3. The van der Waals surface area contributed by atoms with E-state index in [1.54, 1.807) is 6.07 Å². The van der Waals surface area contributed by atoms with E-state index in [1.807, 2.05) is 20.8 Å². The SMILES string of the molecule is CC(C)(C)c1c[c]c(OC(F)(F)F)cc1. The molecule has 0 bridgehead atoms. The van der Waals surface area contributed by atoms with Crippen LogP contribution in [0.1, 0.15) is 26.3 Å². The molecule has 15 heavy (non-hydrogen) atoms. The molecule has 1 aromatic carbocycles. The summed E-state index contributed by atoms with van der Waals surface area (Å²) in [5, 5.41) is 0. The Hall–Kier alpha value is -1.19. The molecule has 1 nitrogen and oxygen atoms in total. The Bertz CT molecular complexity index is 319. The molecule has 0 aromatic heterocycles. The minimum absolute atomic E-state index is 0.104. The summed E-state index contributed by atoms with van der Waals surface area (Å²) in [6.45, 7) is 5.92. The third-order valence-corrected chi connectivity index (χ3v) is 1.88. The Labute approximate surface area is 86.9 Å². The maximum Gasteiger partial charge on any atom is 0.573 e. The van der Waals surface area contributed by atoms with Crippen LogP contribution in [0.5, 0.6) is 5.75 Å². The second kappa shape index (κ2) is 3.76. The first-order valence-electron chi connectivity index (χ1n) is 4.46. The van der Waals surface area contributed by atoms with Gasteiger partial charge in [-0.15, -0.1) is 13.2 Å². The first-order valence-corrected chi connectivity index (χ1v) is 4.46. The molecular formula is C11H12F3O. The van der Waals surface area contributed by atoms with E-state index >= 15 is 0 Å². The van der Waals surface area contributed by atoms with Gasteiger partial charge < -0.3 is 4.74 Å². The van der Waals surface area contributed by atoms with Gasteiger partial charge >= 0.3 is 6.36 Å². The van der Waals surface area contributed by atoms with Crippen LogP contribution in [0.25, 0.3) is 0 Å². The average Bonchev–Trinajstić information content (AvgIpc) is 2.00. The fourth-order valence-corrected chi connectivity index (χ4v) is 1.07. The van der Waals surface area contributed by atoms with E-state index in [0.29, 0.717) is 0 Å². The minimum Gasteiger partial charge on any atom is -0.405 e. The lowest BCUT2D eigenvalue weighted by Gasteiger charge is -2.19. The zero-order valence-corrected chi connectivity index (χ0v) is 8.77. The van der Waals surface area contributed by atoms with Crippen molar-refractivity contribution >= 4 is 0 Å². The van der Waals surface area contributed by atoms with E-state index in [-0.39, 0.29) is 11.2 Å². The first-order chi connectivity index (χ1) is 6.68. The maximum absolute atomic E-state index is 11.8. The van der Waals surface area contributed by atoms with Crippen molar-refractivity contribution in [3.8, 4) is 5.75 Å². The second-order valence-electron chi connectivity index (χ2n) is 4.24. The number of benzene rings is 1. The lowest BCUT2D eigenvalue weighted by Crippen LogP contribution is -2.17. The lowest BCUT2D eigenvalue weighted by atomic mass is 9.87. The molecule has 0 N–H and O–H groups in total. The molecule has 0 aliphatic heterocycles. The lowest BCUT2D eigenvalue weighted by molar-refractivity contribution is -0.274. The molecule has 0 saturated heterocycles. The van der Waals surface area contributed by atoms with Gasteiger partial charge in [0.2, 0.25) is 0 Å². The molecule has 0 fully saturated rings. The highest BCUT2D eigenvalue weighted by atomic mass is 19.4. The highest BCUT2D eigenvalue weighted by molar-refractivity contribution is 5.29. The van der Waals surface area contributed by atoms with Crippen molar-refractivity contribution in [3.63, 3.8) is 0 Å². The number of halogens is 3. The van der Waals surface area contributed by atoms with Gasteiger partial charge in [0.15, 0.2) is 0 Å². The molecule has 0 amide bonds. The molecule has 0 aliphatic carbocycles. The van der Waals surface area contributed by atoms with Gasteiger partial charge in [-0.05, 0) is 23.1 Å². The number of rotatable bonds is 1. The van der Waals surface area contributed by atoms with Gasteiger partial charge in [-0.3, -0.25) is 0 Å². The highest BCUT2D eigenvalue weighted by Crippen LogP contribution is 2.26. The van der Waals surface area contributed by atoms with Crippen LogP contribution in [0.15, 0.2) is 18.2 Å². The predicted molar refractivity (Wildman–Crippen MR) is 50.7 cm³/mol. The van der Waals surface area contributed by atoms with E-state index in [4.69, 9.17) is 0 Å². The van der Waals surface area contributed by atoms with Crippen LogP contribution < -0.4 is 4.74 Å². The molecule has 0 aliphatic rings. The molecular weight excluding hydrogens is 205 g/mol. The predicted octanol–water partition coefficient (Wildman–Crippen LogP) is 3.68. The molecule has 83 valence electrons. The summed E-state index contributed by atoms with van der Waals surface area (Å²) in [6, 6.07) is 6.85. The smallest absolute Gasteiger partial charge is 0.405 e. The van der Waals surface area contributed by atoms with Gasteiger partial charge in [-0.25, -0.2) is 0 Å². The van der Waals surface area contributed by atoms with Crippen LogP contribution in [0.2, 0.25) is 0 Å². The molecule has 0 saturated carbocycles. The molecule has 1 aromatic rings. The number of hydrogen-bond donors (Lipinski definition) is 0. The van der Waals surface area contributed by atoms with Gasteiger partial charge in [0, 0.05) is 6.07 Å². The molecule has 0 heterocycles. The molecule has 1 rings (SSSR count). The summed E-state index contributed by atoms with van der Waals surface area (Å²) in [5.74, 6) is -0.310. The molecule has 1 radical (unpaired) electrons. The third kappa shape index (κ3) is 3.81. The third-order valence-electron chi connectivity index (χ3n) is 1.88. The summed E-state index contributed by atoms with van der Waals surface area (Å²) < 4.78 is 39.2. The number of hydrogen-bond acceptors (Lipinski definition) is 1. The van der Waals surface area contributed by atoms with E-state index in [9.17, 15) is 13.2 Å². The summed E-state index contributed by atoms with van der Waals surface area (Å²) in [6.07, 6.45) is -4.65.